The van der Waals surface area contributed by atoms with Crippen LogP contribution in [0.15, 0.2) is 18.2 Å². The van der Waals surface area contributed by atoms with Crippen LogP contribution in [0.1, 0.15) is 31.9 Å². The van der Waals surface area contributed by atoms with E-state index in [4.69, 9.17) is 0 Å². The van der Waals surface area contributed by atoms with Crippen LogP contribution in [0.25, 0.3) is 0 Å². The number of hydrogen-bond donors (Lipinski definition) is 3. The van der Waals surface area contributed by atoms with E-state index in [-0.39, 0.29) is 11.9 Å². The molecular formula is C14H21NO3. The van der Waals surface area contributed by atoms with Gasteiger partial charge in [-0.3, -0.25) is 0 Å². The van der Waals surface area contributed by atoms with Gasteiger partial charge in [0.25, 0.3) is 0 Å². The molecule has 100 valence electrons. The van der Waals surface area contributed by atoms with Gasteiger partial charge >= 0.3 is 0 Å². The number of hydrogen-bond acceptors (Lipinski definition) is 4. The van der Waals surface area contributed by atoms with Gasteiger partial charge in [-0.2, -0.15) is 0 Å². The molecule has 1 fully saturated rings. The molecule has 1 aliphatic rings. The number of aliphatic hydroxyl groups is 2. The zero-order valence-corrected chi connectivity index (χ0v) is 10.9. The maximum Gasteiger partial charge on any atom is 0.123 e. The van der Waals surface area contributed by atoms with E-state index < -0.39 is 6.10 Å². The van der Waals surface area contributed by atoms with E-state index in [0.29, 0.717) is 18.0 Å². The molecule has 0 spiro atoms. The van der Waals surface area contributed by atoms with E-state index >= 15 is 0 Å². The first-order chi connectivity index (χ1) is 8.49. The van der Waals surface area contributed by atoms with Gasteiger partial charge in [0.2, 0.25) is 0 Å². The van der Waals surface area contributed by atoms with Gasteiger partial charge in [0, 0.05) is 30.4 Å². The third kappa shape index (κ3) is 2.60. The van der Waals surface area contributed by atoms with E-state index in [1.165, 1.54) is 0 Å². The topological polar surface area (TPSA) is 63.9 Å². The smallest absolute Gasteiger partial charge is 0.123 e. The van der Waals surface area contributed by atoms with Gasteiger partial charge in [-0.15, -0.1) is 0 Å². The zero-order valence-electron chi connectivity index (χ0n) is 10.9. The third-order valence-corrected chi connectivity index (χ3v) is 3.75. The summed E-state index contributed by atoms with van der Waals surface area (Å²) in [7, 11) is 0. The molecule has 1 aliphatic heterocycles. The van der Waals surface area contributed by atoms with Crippen LogP contribution in [0.4, 0.5) is 5.69 Å². The molecule has 0 bridgehead atoms. The lowest BCUT2D eigenvalue weighted by Crippen LogP contribution is -2.42. The monoisotopic (exact) mass is 251 g/mol. The van der Waals surface area contributed by atoms with Gasteiger partial charge < -0.3 is 20.2 Å². The highest BCUT2D eigenvalue weighted by Gasteiger charge is 2.24. The second-order valence-electron chi connectivity index (χ2n) is 5.20. The second kappa shape index (κ2) is 5.16. The van der Waals surface area contributed by atoms with Crippen LogP contribution < -0.4 is 4.90 Å². The fourth-order valence-electron chi connectivity index (χ4n) is 2.37. The van der Waals surface area contributed by atoms with Crippen LogP contribution in [0.3, 0.4) is 0 Å². The number of rotatable bonds is 2. The molecule has 0 amide bonds. The van der Waals surface area contributed by atoms with Crippen molar-refractivity contribution in [2.45, 2.75) is 32.5 Å². The number of piperidine rings is 1. The van der Waals surface area contributed by atoms with Crippen LogP contribution in [0.5, 0.6) is 5.75 Å². The summed E-state index contributed by atoms with van der Waals surface area (Å²) in [5.41, 5.74) is 1.42. The van der Waals surface area contributed by atoms with Crippen molar-refractivity contribution in [2.24, 2.45) is 5.92 Å². The molecule has 3 atom stereocenters. The van der Waals surface area contributed by atoms with Crippen LogP contribution in [-0.2, 0) is 0 Å². The first-order valence-corrected chi connectivity index (χ1v) is 6.43. The Morgan fingerprint density at radius 3 is 2.67 bits per heavy atom. The van der Waals surface area contributed by atoms with Crippen LogP contribution in [-0.4, -0.2) is 34.5 Å². The van der Waals surface area contributed by atoms with E-state index in [9.17, 15) is 15.3 Å². The summed E-state index contributed by atoms with van der Waals surface area (Å²) >= 11 is 0. The summed E-state index contributed by atoms with van der Waals surface area (Å²) in [6.45, 7) is 5.15. The summed E-state index contributed by atoms with van der Waals surface area (Å²) in [6, 6.07) is 5.27. The number of phenols is 1. The Labute approximate surface area is 107 Å². The Balaban J connectivity index is 2.17. The molecule has 1 saturated heterocycles. The number of aromatic hydroxyl groups is 1. The number of β-amino-alcohol motifs (C(OH)–C–C–N with tert-alkyl or cyclic N) is 1. The minimum atomic E-state index is -0.675. The lowest BCUT2D eigenvalue weighted by molar-refractivity contribution is 0.103. The van der Waals surface area contributed by atoms with Crippen molar-refractivity contribution in [3.8, 4) is 5.75 Å². The average molecular weight is 251 g/mol. The van der Waals surface area contributed by atoms with Crippen LogP contribution >= 0.6 is 0 Å². The van der Waals surface area contributed by atoms with Crippen molar-refractivity contribution >= 4 is 5.69 Å². The third-order valence-electron chi connectivity index (χ3n) is 3.75. The first-order valence-electron chi connectivity index (χ1n) is 6.43. The van der Waals surface area contributed by atoms with Crippen molar-refractivity contribution in [1.29, 1.82) is 0 Å². The predicted molar refractivity (Wildman–Crippen MR) is 70.7 cm³/mol. The van der Waals surface area contributed by atoms with Gasteiger partial charge in [-0.25, -0.2) is 0 Å². The Hall–Kier alpha value is -1.26. The molecule has 4 nitrogen and oxygen atoms in total. The maximum absolute atomic E-state index is 9.88. The van der Waals surface area contributed by atoms with E-state index in [0.717, 1.165) is 18.7 Å². The summed E-state index contributed by atoms with van der Waals surface area (Å²) in [5.74, 6) is 0.433. The van der Waals surface area contributed by atoms with E-state index in [1.54, 1.807) is 19.1 Å². The first kappa shape index (κ1) is 13.2. The second-order valence-corrected chi connectivity index (χ2v) is 5.20. The SMILES string of the molecule is CC(O)c1ccc(N2CCC(C)C(O)C2)cc1O. The summed E-state index contributed by atoms with van der Waals surface area (Å²) < 4.78 is 0. The molecule has 0 saturated carbocycles. The normalized spacial score (nSPS) is 26.1. The molecule has 1 aromatic carbocycles. The van der Waals surface area contributed by atoms with E-state index in [2.05, 4.69) is 11.8 Å². The summed E-state index contributed by atoms with van der Waals surface area (Å²) in [5, 5.41) is 29.2. The largest absolute Gasteiger partial charge is 0.507 e. The number of anilines is 1. The Kier molecular flexibility index (Phi) is 3.78. The number of benzene rings is 1. The molecule has 4 heteroatoms. The van der Waals surface area contributed by atoms with Crippen molar-refractivity contribution in [3.05, 3.63) is 23.8 Å². The molecule has 1 heterocycles. The van der Waals surface area contributed by atoms with E-state index in [1.807, 2.05) is 6.07 Å². The maximum atomic E-state index is 9.88. The Morgan fingerprint density at radius 1 is 1.39 bits per heavy atom. The summed E-state index contributed by atoms with van der Waals surface area (Å²) in [4.78, 5) is 2.07. The fourth-order valence-corrected chi connectivity index (χ4v) is 2.37. The van der Waals surface area contributed by atoms with Crippen molar-refractivity contribution < 1.29 is 15.3 Å². The molecule has 3 unspecified atom stereocenters. The fraction of sp³-hybridized carbons (Fsp3) is 0.571. The molecular weight excluding hydrogens is 230 g/mol. The minimum absolute atomic E-state index is 0.107. The average Bonchev–Trinajstić information content (AvgIpc) is 2.32. The highest BCUT2D eigenvalue weighted by atomic mass is 16.3. The van der Waals surface area contributed by atoms with Crippen molar-refractivity contribution in [1.82, 2.24) is 0 Å². The minimum Gasteiger partial charge on any atom is -0.507 e. The molecule has 18 heavy (non-hydrogen) atoms. The van der Waals surface area contributed by atoms with Crippen molar-refractivity contribution in [3.63, 3.8) is 0 Å². The van der Waals surface area contributed by atoms with Gasteiger partial charge in [-0.1, -0.05) is 13.0 Å². The van der Waals surface area contributed by atoms with Crippen LogP contribution in [0, 0.1) is 5.92 Å². The van der Waals surface area contributed by atoms with Gasteiger partial charge in [0.05, 0.1) is 12.2 Å². The van der Waals surface area contributed by atoms with Crippen molar-refractivity contribution in [2.75, 3.05) is 18.0 Å². The zero-order chi connectivity index (χ0) is 13.3. The number of phenolic OH excluding ortho intramolecular Hbond substituents is 1. The molecule has 3 N–H and O–H groups in total. The highest BCUT2D eigenvalue weighted by Crippen LogP contribution is 2.31. The lowest BCUT2D eigenvalue weighted by Gasteiger charge is -2.36. The van der Waals surface area contributed by atoms with Crippen LogP contribution in [0.2, 0.25) is 0 Å². The van der Waals surface area contributed by atoms with Gasteiger partial charge in [-0.05, 0) is 25.3 Å². The Morgan fingerprint density at radius 2 is 2.11 bits per heavy atom. The standard InChI is InChI=1S/C14H21NO3/c1-9-5-6-15(8-14(9)18)11-3-4-12(10(2)16)13(17)7-11/h3-4,7,9-10,14,16-18H,5-6,8H2,1-2H3. The number of nitrogens with zero attached hydrogens (tertiary/aromatic N) is 1. The highest BCUT2D eigenvalue weighted by molar-refractivity contribution is 5.54. The quantitative estimate of drug-likeness (QED) is 0.748. The molecule has 0 radical (unpaired) electrons. The molecule has 2 rings (SSSR count). The number of aliphatic hydroxyl groups excluding tert-OH is 2. The molecule has 0 aliphatic carbocycles. The molecule has 1 aromatic rings. The van der Waals surface area contributed by atoms with Gasteiger partial charge in [0.15, 0.2) is 0 Å². The Bertz CT molecular complexity index is 420. The molecule has 0 aromatic heterocycles. The lowest BCUT2D eigenvalue weighted by atomic mass is 9.95. The van der Waals surface area contributed by atoms with Gasteiger partial charge in [0.1, 0.15) is 5.75 Å². The summed E-state index contributed by atoms with van der Waals surface area (Å²) in [6.07, 6.45) is -0.0524. The predicted octanol–water partition coefficient (Wildman–Crippen LogP) is 1.65.